The summed E-state index contributed by atoms with van der Waals surface area (Å²) in [5, 5.41) is 10.6. The molecule has 1 heterocycles. The van der Waals surface area contributed by atoms with Crippen LogP contribution in [0.1, 0.15) is 18.1 Å². The van der Waals surface area contributed by atoms with Crippen molar-refractivity contribution in [1.29, 1.82) is 0 Å². The Kier molecular flexibility index (Phi) is 3.00. The third kappa shape index (κ3) is 2.22. The lowest BCUT2D eigenvalue weighted by atomic mass is 10.1. The summed E-state index contributed by atoms with van der Waals surface area (Å²) in [6.45, 7) is 3.02. The molecule has 2 heteroatoms. The molecule has 96 valence electrons. The Balaban J connectivity index is 2.03. The van der Waals surface area contributed by atoms with Crippen molar-refractivity contribution in [2.24, 2.45) is 0 Å². The van der Waals surface area contributed by atoms with Crippen LogP contribution in [0.3, 0.4) is 0 Å². The van der Waals surface area contributed by atoms with Crippen LogP contribution in [-0.2, 0) is 13.0 Å². The van der Waals surface area contributed by atoms with Gasteiger partial charge in [-0.15, -0.1) is 0 Å². The quantitative estimate of drug-likeness (QED) is 0.749. The lowest BCUT2D eigenvalue weighted by Crippen LogP contribution is -1.99. The first kappa shape index (κ1) is 11.8. The van der Waals surface area contributed by atoms with Crippen LogP contribution < -0.4 is 0 Å². The molecule has 0 bridgehead atoms. The van der Waals surface area contributed by atoms with Gasteiger partial charge in [-0.25, -0.2) is 0 Å². The van der Waals surface area contributed by atoms with E-state index < -0.39 is 0 Å². The van der Waals surface area contributed by atoms with Crippen LogP contribution in [0.2, 0.25) is 0 Å². The van der Waals surface area contributed by atoms with E-state index in [1.807, 2.05) is 12.1 Å². The van der Waals surface area contributed by atoms with Crippen molar-refractivity contribution < 1.29 is 5.11 Å². The number of aryl methyl sites for hydroxylation is 1. The molecule has 0 saturated carbocycles. The number of para-hydroxylation sites is 1. The Morgan fingerprint density at radius 2 is 1.79 bits per heavy atom. The summed E-state index contributed by atoms with van der Waals surface area (Å²) in [6.07, 6.45) is 3.17. The van der Waals surface area contributed by atoms with E-state index in [4.69, 9.17) is 0 Å². The van der Waals surface area contributed by atoms with Gasteiger partial charge in [0, 0.05) is 12.7 Å². The van der Waals surface area contributed by atoms with Crippen LogP contribution in [0.15, 0.2) is 54.7 Å². The minimum absolute atomic E-state index is 0.315. The fourth-order valence-electron chi connectivity index (χ4n) is 2.56. The zero-order chi connectivity index (χ0) is 13.2. The number of phenolic OH excluding ortho intramolecular Hbond substituents is 1. The Morgan fingerprint density at radius 3 is 2.53 bits per heavy atom. The summed E-state index contributed by atoms with van der Waals surface area (Å²) in [7, 11) is 0. The number of rotatable bonds is 3. The van der Waals surface area contributed by atoms with Gasteiger partial charge in [-0.1, -0.05) is 37.3 Å². The van der Waals surface area contributed by atoms with Crippen molar-refractivity contribution in [2.75, 3.05) is 0 Å². The van der Waals surface area contributed by atoms with Crippen LogP contribution in [-0.4, -0.2) is 9.67 Å². The number of fused-ring (bicyclic) bond motifs is 1. The summed E-state index contributed by atoms with van der Waals surface area (Å²) >= 11 is 0. The van der Waals surface area contributed by atoms with Crippen molar-refractivity contribution in [3.05, 3.63) is 65.9 Å². The predicted molar refractivity (Wildman–Crippen MR) is 78.5 cm³/mol. The molecule has 3 aromatic rings. The molecule has 0 atom stereocenters. The van der Waals surface area contributed by atoms with E-state index in [9.17, 15) is 5.11 Å². The fraction of sp³-hybridized carbons (Fsp3) is 0.176. The smallest absolute Gasteiger partial charge is 0.115 e. The van der Waals surface area contributed by atoms with Gasteiger partial charge in [0.2, 0.25) is 0 Å². The third-order valence-electron chi connectivity index (χ3n) is 3.54. The van der Waals surface area contributed by atoms with Gasteiger partial charge in [0.05, 0.1) is 5.52 Å². The highest BCUT2D eigenvalue weighted by molar-refractivity contribution is 5.83. The second kappa shape index (κ2) is 4.81. The second-order valence-corrected chi connectivity index (χ2v) is 4.82. The van der Waals surface area contributed by atoms with E-state index >= 15 is 0 Å². The average Bonchev–Trinajstić information content (AvgIpc) is 2.85. The first-order chi connectivity index (χ1) is 9.28. The minimum Gasteiger partial charge on any atom is -0.508 e. The minimum atomic E-state index is 0.315. The molecule has 0 fully saturated rings. The number of benzene rings is 2. The summed E-state index contributed by atoms with van der Waals surface area (Å²) in [5.74, 6) is 0.315. The van der Waals surface area contributed by atoms with Crippen LogP contribution in [0.4, 0.5) is 0 Å². The molecule has 1 aromatic heterocycles. The third-order valence-corrected chi connectivity index (χ3v) is 3.54. The molecule has 2 aromatic carbocycles. The molecule has 2 nitrogen and oxygen atoms in total. The van der Waals surface area contributed by atoms with E-state index in [1.165, 1.54) is 22.0 Å². The lowest BCUT2D eigenvalue weighted by Gasteiger charge is -2.09. The van der Waals surface area contributed by atoms with E-state index in [0.717, 1.165) is 13.0 Å². The molecule has 1 N–H and O–H groups in total. The van der Waals surface area contributed by atoms with Crippen molar-refractivity contribution in [3.8, 4) is 5.75 Å². The van der Waals surface area contributed by atoms with Crippen molar-refractivity contribution in [2.45, 2.75) is 19.9 Å². The molecule has 3 rings (SSSR count). The predicted octanol–water partition coefficient (Wildman–Crippen LogP) is 3.96. The number of phenols is 1. The topological polar surface area (TPSA) is 25.2 Å². The number of hydrogen-bond acceptors (Lipinski definition) is 1. The van der Waals surface area contributed by atoms with Gasteiger partial charge >= 0.3 is 0 Å². The summed E-state index contributed by atoms with van der Waals surface area (Å²) in [4.78, 5) is 0. The van der Waals surface area contributed by atoms with E-state index in [1.54, 1.807) is 12.1 Å². The molecule has 0 radical (unpaired) electrons. The Hall–Kier alpha value is -2.22. The summed E-state index contributed by atoms with van der Waals surface area (Å²) < 4.78 is 2.28. The maximum atomic E-state index is 9.33. The van der Waals surface area contributed by atoms with Crippen LogP contribution in [0.25, 0.3) is 10.9 Å². The molecule has 0 aliphatic rings. The molecule has 0 aliphatic carbocycles. The van der Waals surface area contributed by atoms with Gasteiger partial charge < -0.3 is 9.67 Å². The van der Waals surface area contributed by atoms with Crippen molar-refractivity contribution in [3.63, 3.8) is 0 Å². The fourth-order valence-corrected chi connectivity index (χ4v) is 2.56. The van der Waals surface area contributed by atoms with Gasteiger partial charge in [-0.05, 0) is 41.1 Å². The van der Waals surface area contributed by atoms with Crippen LogP contribution in [0.5, 0.6) is 5.75 Å². The molecular weight excluding hydrogens is 234 g/mol. The van der Waals surface area contributed by atoms with Crippen LogP contribution in [0, 0.1) is 0 Å². The highest BCUT2D eigenvalue weighted by Gasteiger charge is 2.05. The highest BCUT2D eigenvalue weighted by atomic mass is 16.3. The largest absolute Gasteiger partial charge is 0.508 e. The number of hydrogen-bond donors (Lipinski definition) is 1. The molecule has 0 amide bonds. The van der Waals surface area contributed by atoms with Crippen molar-refractivity contribution in [1.82, 2.24) is 4.57 Å². The van der Waals surface area contributed by atoms with Crippen molar-refractivity contribution >= 4 is 10.9 Å². The number of aromatic hydroxyl groups is 1. The molecule has 0 aliphatic heterocycles. The Labute approximate surface area is 112 Å². The standard InChI is InChI=1S/C17H17NO/c1-2-14-4-3-5-15-10-11-18(17(14)15)12-13-6-8-16(19)9-7-13/h3-11,19H,2,12H2,1H3. The Morgan fingerprint density at radius 1 is 1.00 bits per heavy atom. The number of nitrogens with zero attached hydrogens (tertiary/aromatic N) is 1. The molecular formula is C17H17NO. The maximum Gasteiger partial charge on any atom is 0.115 e. The van der Waals surface area contributed by atoms with Gasteiger partial charge in [-0.3, -0.25) is 0 Å². The normalized spacial score (nSPS) is 11.0. The van der Waals surface area contributed by atoms with E-state index in [0.29, 0.717) is 5.75 Å². The monoisotopic (exact) mass is 251 g/mol. The molecule has 0 unspecified atom stereocenters. The van der Waals surface area contributed by atoms with E-state index in [2.05, 4.69) is 42.0 Å². The van der Waals surface area contributed by atoms with Crippen LogP contribution >= 0.6 is 0 Å². The molecule has 0 saturated heterocycles. The highest BCUT2D eigenvalue weighted by Crippen LogP contribution is 2.22. The second-order valence-electron chi connectivity index (χ2n) is 4.82. The summed E-state index contributed by atoms with van der Waals surface area (Å²) in [6, 6.07) is 16.0. The van der Waals surface area contributed by atoms with E-state index in [-0.39, 0.29) is 0 Å². The first-order valence-corrected chi connectivity index (χ1v) is 6.62. The number of aromatic nitrogens is 1. The lowest BCUT2D eigenvalue weighted by molar-refractivity contribution is 0.475. The Bertz CT molecular complexity index is 695. The maximum absolute atomic E-state index is 9.33. The zero-order valence-electron chi connectivity index (χ0n) is 11.0. The van der Waals surface area contributed by atoms with Gasteiger partial charge in [-0.2, -0.15) is 0 Å². The van der Waals surface area contributed by atoms with Gasteiger partial charge in [0.25, 0.3) is 0 Å². The summed E-state index contributed by atoms with van der Waals surface area (Å²) in [5.41, 5.74) is 3.89. The SMILES string of the molecule is CCc1cccc2ccn(Cc3ccc(O)cc3)c12. The molecule has 19 heavy (non-hydrogen) atoms. The van der Waals surface area contributed by atoms with Gasteiger partial charge in [0.1, 0.15) is 5.75 Å². The zero-order valence-corrected chi connectivity index (χ0v) is 11.0. The molecule has 0 spiro atoms. The van der Waals surface area contributed by atoms with Gasteiger partial charge in [0.15, 0.2) is 0 Å². The first-order valence-electron chi connectivity index (χ1n) is 6.62. The average molecular weight is 251 g/mol.